The fourth-order valence-corrected chi connectivity index (χ4v) is 3.43. The van der Waals surface area contributed by atoms with Crippen molar-refractivity contribution in [3.8, 4) is 0 Å². The first-order chi connectivity index (χ1) is 10.1. The lowest BCUT2D eigenvalue weighted by atomic mass is 9.93. The molecule has 1 aromatic carbocycles. The predicted octanol–water partition coefficient (Wildman–Crippen LogP) is 1.75. The summed E-state index contributed by atoms with van der Waals surface area (Å²) in [4.78, 5) is 4.65. The number of fused-ring (bicyclic) bond motifs is 3. The first kappa shape index (κ1) is 14.8. The smallest absolute Gasteiger partial charge is 0.194 e. The maximum atomic E-state index is 14.1. The number of nitrogens with zero attached hydrogens (tertiary/aromatic N) is 2. The average Bonchev–Trinajstić information content (AvgIpc) is 2.52. The van der Waals surface area contributed by atoms with Crippen molar-refractivity contribution < 1.29 is 13.2 Å². The number of nitrogens with one attached hydrogen (secondary N) is 1. The summed E-state index contributed by atoms with van der Waals surface area (Å²) in [5.74, 6) is -3.59. The molecule has 3 aliphatic rings. The molecule has 0 aromatic heterocycles. The van der Waals surface area contributed by atoms with Crippen LogP contribution >= 0.6 is 0 Å². The van der Waals surface area contributed by atoms with Gasteiger partial charge in [-0.25, -0.2) is 13.2 Å². The minimum Gasteiger partial charge on any atom is -0.309 e. The summed E-state index contributed by atoms with van der Waals surface area (Å²) < 4.78 is 40.8. The Kier molecular flexibility index (Phi) is 4.19. The van der Waals surface area contributed by atoms with E-state index in [0.29, 0.717) is 6.54 Å². The summed E-state index contributed by atoms with van der Waals surface area (Å²) in [7, 11) is 0. The summed E-state index contributed by atoms with van der Waals surface area (Å²) in [6.07, 6.45) is 0. The third-order valence-electron chi connectivity index (χ3n) is 4.53. The highest BCUT2D eigenvalue weighted by Gasteiger charge is 2.38. The number of likely N-dealkylation sites (N-methyl/N-ethyl adjacent to an activating group) is 1. The zero-order chi connectivity index (χ0) is 15.0. The van der Waals surface area contributed by atoms with Crippen LogP contribution in [0.1, 0.15) is 18.5 Å². The maximum Gasteiger partial charge on any atom is 0.194 e. The largest absolute Gasteiger partial charge is 0.309 e. The van der Waals surface area contributed by atoms with Crippen LogP contribution in [0.15, 0.2) is 12.1 Å². The van der Waals surface area contributed by atoms with Crippen LogP contribution in [0.25, 0.3) is 0 Å². The summed E-state index contributed by atoms with van der Waals surface area (Å²) in [5, 5.41) is 3.24. The Morgan fingerprint density at radius 2 is 1.86 bits per heavy atom. The first-order valence-corrected chi connectivity index (χ1v) is 7.45. The molecule has 3 saturated heterocycles. The summed E-state index contributed by atoms with van der Waals surface area (Å²) in [6.45, 7) is 7.34. The number of rotatable bonds is 4. The van der Waals surface area contributed by atoms with Gasteiger partial charge in [-0.3, -0.25) is 9.80 Å². The Balaban J connectivity index is 1.93. The molecule has 3 fully saturated rings. The molecule has 0 aliphatic carbocycles. The van der Waals surface area contributed by atoms with Gasteiger partial charge >= 0.3 is 0 Å². The highest BCUT2D eigenvalue weighted by Crippen LogP contribution is 2.30. The molecule has 21 heavy (non-hydrogen) atoms. The summed E-state index contributed by atoms with van der Waals surface area (Å²) in [5.41, 5.74) is 0.217. The molecule has 1 aromatic rings. The monoisotopic (exact) mass is 299 g/mol. The molecule has 2 unspecified atom stereocenters. The molecule has 6 heteroatoms. The quantitative estimate of drug-likeness (QED) is 0.855. The van der Waals surface area contributed by atoms with Crippen molar-refractivity contribution in [2.45, 2.75) is 19.0 Å². The van der Waals surface area contributed by atoms with Gasteiger partial charge in [-0.15, -0.1) is 0 Å². The third-order valence-corrected chi connectivity index (χ3v) is 4.53. The van der Waals surface area contributed by atoms with E-state index in [4.69, 9.17) is 0 Å². The number of piperazine rings is 3. The minimum absolute atomic E-state index is 0.0896. The fourth-order valence-electron chi connectivity index (χ4n) is 3.43. The lowest BCUT2D eigenvalue weighted by molar-refractivity contribution is -0.00404. The van der Waals surface area contributed by atoms with E-state index in [1.54, 1.807) is 0 Å². The Morgan fingerprint density at radius 3 is 2.43 bits per heavy atom. The molecule has 2 atom stereocenters. The second-order valence-electron chi connectivity index (χ2n) is 5.70. The highest BCUT2D eigenvalue weighted by molar-refractivity contribution is 5.26. The second-order valence-corrected chi connectivity index (χ2v) is 5.70. The molecular formula is C15H20F3N3. The van der Waals surface area contributed by atoms with Crippen LogP contribution in [0, 0.1) is 17.5 Å². The number of halogens is 3. The first-order valence-electron chi connectivity index (χ1n) is 7.45. The van der Waals surface area contributed by atoms with Gasteiger partial charge in [-0.1, -0.05) is 13.0 Å². The van der Waals surface area contributed by atoms with E-state index < -0.39 is 17.5 Å². The predicted molar refractivity (Wildman–Crippen MR) is 74.5 cm³/mol. The van der Waals surface area contributed by atoms with Gasteiger partial charge in [0.25, 0.3) is 0 Å². The van der Waals surface area contributed by atoms with E-state index in [9.17, 15) is 13.2 Å². The van der Waals surface area contributed by atoms with E-state index in [1.807, 2.05) is 6.92 Å². The molecule has 3 nitrogen and oxygen atoms in total. The molecule has 1 N–H and O–H groups in total. The summed E-state index contributed by atoms with van der Waals surface area (Å²) in [6, 6.07) is 2.13. The molecule has 0 saturated carbocycles. The normalized spacial score (nSPS) is 29.6. The van der Waals surface area contributed by atoms with Crippen molar-refractivity contribution in [2.75, 3.05) is 39.3 Å². The Bertz CT molecular complexity index is 515. The van der Waals surface area contributed by atoms with Crippen molar-refractivity contribution in [2.24, 2.45) is 0 Å². The van der Waals surface area contributed by atoms with Crippen molar-refractivity contribution in [1.29, 1.82) is 0 Å². The van der Waals surface area contributed by atoms with Gasteiger partial charge in [-0.05, 0) is 12.6 Å². The third kappa shape index (κ3) is 2.67. The van der Waals surface area contributed by atoms with Crippen molar-refractivity contribution in [3.05, 3.63) is 35.1 Å². The van der Waals surface area contributed by atoms with Crippen LogP contribution in [-0.2, 0) is 0 Å². The molecule has 0 amide bonds. The van der Waals surface area contributed by atoms with Gasteiger partial charge in [0.05, 0.1) is 6.04 Å². The van der Waals surface area contributed by atoms with E-state index in [-0.39, 0.29) is 17.6 Å². The number of benzene rings is 1. The second kappa shape index (κ2) is 5.94. The van der Waals surface area contributed by atoms with Gasteiger partial charge in [0.2, 0.25) is 0 Å². The van der Waals surface area contributed by atoms with E-state index in [1.165, 1.54) is 6.07 Å². The van der Waals surface area contributed by atoms with E-state index in [0.717, 1.165) is 38.8 Å². The highest BCUT2D eigenvalue weighted by atomic mass is 19.2. The van der Waals surface area contributed by atoms with Gasteiger partial charge in [-0.2, -0.15) is 0 Å². The Labute approximate surface area is 122 Å². The summed E-state index contributed by atoms with van der Waals surface area (Å²) >= 11 is 0. The lowest BCUT2D eigenvalue weighted by Crippen LogP contribution is -2.64. The van der Waals surface area contributed by atoms with Gasteiger partial charge in [0, 0.05) is 44.3 Å². The van der Waals surface area contributed by atoms with Crippen LogP contribution < -0.4 is 5.32 Å². The fraction of sp³-hybridized carbons (Fsp3) is 0.600. The standard InChI is InChI=1S/C15H20F3N3/c1-2-19-15(10-3-4-11(16)14(18)13(10)17)12-9-20-5-7-21(12)8-6-20/h3-4,12,15,19H,2,5-9H2,1H3. The van der Waals surface area contributed by atoms with Crippen LogP contribution in [0.5, 0.6) is 0 Å². The van der Waals surface area contributed by atoms with Crippen LogP contribution in [0.3, 0.4) is 0 Å². The zero-order valence-electron chi connectivity index (χ0n) is 12.1. The lowest BCUT2D eigenvalue weighted by Gasteiger charge is -2.50. The van der Waals surface area contributed by atoms with Crippen LogP contribution in [0.2, 0.25) is 0 Å². The molecule has 3 aliphatic heterocycles. The van der Waals surface area contributed by atoms with Gasteiger partial charge in [0.15, 0.2) is 17.5 Å². The number of hydrogen-bond acceptors (Lipinski definition) is 3. The SMILES string of the molecule is CCNC(c1ccc(F)c(F)c1F)C1CN2CCN1CC2. The minimum atomic E-state index is -1.38. The number of hydrogen-bond donors (Lipinski definition) is 1. The molecule has 0 radical (unpaired) electrons. The van der Waals surface area contributed by atoms with Gasteiger partial charge in [0.1, 0.15) is 0 Å². The van der Waals surface area contributed by atoms with Crippen molar-refractivity contribution >= 4 is 0 Å². The van der Waals surface area contributed by atoms with Crippen molar-refractivity contribution in [1.82, 2.24) is 15.1 Å². The van der Waals surface area contributed by atoms with E-state index in [2.05, 4.69) is 15.1 Å². The molecule has 0 spiro atoms. The molecule has 4 rings (SSSR count). The van der Waals surface area contributed by atoms with Gasteiger partial charge < -0.3 is 5.32 Å². The molecular weight excluding hydrogens is 279 g/mol. The zero-order valence-corrected chi connectivity index (χ0v) is 12.1. The molecule has 3 heterocycles. The molecule has 2 bridgehead atoms. The Hall–Kier alpha value is -1.11. The Morgan fingerprint density at radius 1 is 1.14 bits per heavy atom. The van der Waals surface area contributed by atoms with E-state index >= 15 is 0 Å². The molecule has 116 valence electrons. The maximum absolute atomic E-state index is 14.1. The average molecular weight is 299 g/mol. The van der Waals surface area contributed by atoms with Crippen LogP contribution in [-0.4, -0.2) is 55.1 Å². The van der Waals surface area contributed by atoms with Crippen molar-refractivity contribution in [3.63, 3.8) is 0 Å². The van der Waals surface area contributed by atoms with Crippen LogP contribution in [0.4, 0.5) is 13.2 Å². The topological polar surface area (TPSA) is 18.5 Å².